The summed E-state index contributed by atoms with van der Waals surface area (Å²) >= 11 is 1.49. The quantitative estimate of drug-likeness (QED) is 0.567. The molecule has 154 valence electrons. The largest absolute Gasteiger partial charge is 0.506 e. The highest BCUT2D eigenvalue weighted by Crippen LogP contribution is 2.33. The van der Waals surface area contributed by atoms with Crippen molar-refractivity contribution in [3.05, 3.63) is 41.5 Å². The van der Waals surface area contributed by atoms with E-state index < -0.39 is 5.97 Å². The number of amides is 1. The number of nitrogens with one attached hydrogen (secondary N) is 1. The van der Waals surface area contributed by atoms with Gasteiger partial charge in [0, 0.05) is 11.6 Å². The minimum absolute atomic E-state index is 0.127. The van der Waals surface area contributed by atoms with Gasteiger partial charge < -0.3 is 15.5 Å². The van der Waals surface area contributed by atoms with Crippen LogP contribution in [-0.4, -0.2) is 38.9 Å². The number of carboxylic acids is 1. The molecule has 0 saturated heterocycles. The van der Waals surface area contributed by atoms with Crippen molar-refractivity contribution in [3.63, 3.8) is 0 Å². The Bertz CT molecular complexity index is 894. The number of aromatic nitrogens is 1. The predicted octanol–water partition coefficient (Wildman–Crippen LogP) is 4.72. The van der Waals surface area contributed by atoms with Crippen molar-refractivity contribution in [2.45, 2.75) is 56.5 Å². The number of aromatic carboxylic acids is 1. The summed E-state index contributed by atoms with van der Waals surface area (Å²) in [6, 6.07) is 8.12. The number of para-hydroxylation sites is 1. The second-order valence-corrected chi connectivity index (χ2v) is 8.30. The van der Waals surface area contributed by atoms with Crippen molar-refractivity contribution in [2.24, 2.45) is 0 Å². The molecule has 29 heavy (non-hydrogen) atoms. The van der Waals surface area contributed by atoms with Crippen LogP contribution in [0.25, 0.3) is 11.3 Å². The molecule has 6 nitrogen and oxygen atoms in total. The summed E-state index contributed by atoms with van der Waals surface area (Å²) in [5, 5.41) is 23.3. The average Bonchev–Trinajstić information content (AvgIpc) is 2.72. The zero-order chi connectivity index (χ0) is 20.8. The van der Waals surface area contributed by atoms with Crippen molar-refractivity contribution in [3.8, 4) is 17.0 Å². The number of hydrogen-bond donors (Lipinski definition) is 3. The fourth-order valence-electron chi connectivity index (χ4n) is 3.50. The highest BCUT2D eigenvalue weighted by Gasteiger charge is 2.21. The number of aromatic hydroxyl groups is 1. The van der Waals surface area contributed by atoms with Crippen molar-refractivity contribution < 1.29 is 19.8 Å². The number of rotatable bonds is 7. The van der Waals surface area contributed by atoms with E-state index in [2.05, 4.69) is 17.2 Å². The first-order valence-corrected chi connectivity index (χ1v) is 11.0. The van der Waals surface area contributed by atoms with Crippen LogP contribution in [0.15, 0.2) is 35.4 Å². The van der Waals surface area contributed by atoms with Gasteiger partial charge in [-0.3, -0.25) is 4.79 Å². The zero-order valence-corrected chi connectivity index (χ0v) is 17.3. The van der Waals surface area contributed by atoms with Crippen molar-refractivity contribution >= 4 is 23.6 Å². The van der Waals surface area contributed by atoms with Crippen LogP contribution in [0.2, 0.25) is 0 Å². The smallest absolute Gasteiger partial charge is 0.339 e. The van der Waals surface area contributed by atoms with Crippen LogP contribution in [0.4, 0.5) is 0 Å². The van der Waals surface area contributed by atoms with Crippen molar-refractivity contribution in [1.82, 2.24) is 10.3 Å². The van der Waals surface area contributed by atoms with Gasteiger partial charge in [-0.15, -0.1) is 11.8 Å². The van der Waals surface area contributed by atoms with Gasteiger partial charge in [0.25, 0.3) is 5.91 Å². The molecule has 7 heteroatoms. The molecule has 0 spiro atoms. The summed E-state index contributed by atoms with van der Waals surface area (Å²) in [6.45, 7) is 2.06. The third-order valence-corrected chi connectivity index (χ3v) is 6.23. The molecule has 0 radical (unpaired) electrons. The number of carbonyl (C=O) groups is 2. The molecule has 0 unspecified atom stereocenters. The fraction of sp³-hybridized carbons (Fsp3) is 0.409. The van der Waals surface area contributed by atoms with E-state index in [4.69, 9.17) is 0 Å². The highest BCUT2D eigenvalue weighted by molar-refractivity contribution is 7.99. The summed E-state index contributed by atoms with van der Waals surface area (Å²) in [6.07, 6.45) is 6.44. The standard InChI is InChI=1S/C22H26N2O4S/c1-2-13-29-21-17(20(26)23-14-7-4-3-5-8-14)11-12-18(24-21)15-9-6-10-16(19(15)25)22(27)28/h6,9-12,14,25H,2-5,7-8,13H2,1H3,(H,23,26)(H,27,28). The van der Waals surface area contributed by atoms with E-state index in [9.17, 15) is 19.8 Å². The Hall–Kier alpha value is -2.54. The lowest BCUT2D eigenvalue weighted by molar-refractivity contribution is 0.0693. The molecule has 1 saturated carbocycles. The first-order chi connectivity index (χ1) is 14.0. The molecule has 1 aromatic heterocycles. The molecule has 1 heterocycles. The van der Waals surface area contributed by atoms with E-state index >= 15 is 0 Å². The maximum atomic E-state index is 12.9. The highest BCUT2D eigenvalue weighted by atomic mass is 32.2. The molecule has 1 aromatic carbocycles. The van der Waals surface area contributed by atoms with Crippen LogP contribution in [0.1, 0.15) is 66.2 Å². The van der Waals surface area contributed by atoms with Crippen LogP contribution < -0.4 is 5.32 Å². The van der Waals surface area contributed by atoms with E-state index in [1.54, 1.807) is 24.3 Å². The second kappa shape index (κ2) is 9.78. The van der Waals surface area contributed by atoms with Crippen molar-refractivity contribution in [2.75, 3.05) is 5.75 Å². The molecular weight excluding hydrogens is 388 g/mol. The first kappa shape index (κ1) is 21.2. The van der Waals surface area contributed by atoms with E-state index in [1.165, 1.54) is 24.2 Å². The Balaban J connectivity index is 1.92. The molecule has 3 N–H and O–H groups in total. The topological polar surface area (TPSA) is 99.5 Å². The van der Waals surface area contributed by atoms with E-state index in [1.807, 2.05) is 0 Å². The van der Waals surface area contributed by atoms with Gasteiger partial charge in [0.05, 0.1) is 11.3 Å². The van der Waals surface area contributed by atoms with Gasteiger partial charge in [0.15, 0.2) is 0 Å². The maximum absolute atomic E-state index is 12.9. The molecular formula is C22H26N2O4S. The SMILES string of the molecule is CCCSc1nc(-c2cccc(C(=O)O)c2O)ccc1C(=O)NC1CCCCC1. The lowest BCUT2D eigenvalue weighted by Crippen LogP contribution is -2.36. The average molecular weight is 415 g/mol. The van der Waals surface area contributed by atoms with Gasteiger partial charge in [0.2, 0.25) is 0 Å². The number of thioether (sulfide) groups is 1. The zero-order valence-electron chi connectivity index (χ0n) is 16.5. The molecule has 0 atom stereocenters. The molecule has 3 rings (SSSR count). The Labute approximate surface area is 174 Å². The number of hydrogen-bond acceptors (Lipinski definition) is 5. The molecule has 1 aliphatic rings. The number of carbonyl (C=O) groups excluding carboxylic acids is 1. The number of phenols is 1. The predicted molar refractivity (Wildman–Crippen MR) is 114 cm³/mol. The van der Waals surface area contributed by atoms with Gasteiger partial charge in [-0.05, 0) is 49.3 Å². The summed E-state index contributed by atoms with van der Waals surface area (Å²) in [4.78, 5) is 28.8. The summed E-state index contributed by atoms with van der Waals surface area (Å²) in [7, 11) is 0. The maximum Gasteiger partial charge on any atom is 0.339 e. The van der Waals surface area contributed by atoms with Crippen LogP contribution >= 0.6 is 11.8 Å². The fourth-order valence-corrected chi connectivity index (χ4v) is 4.38. The normalized spacial score (nSPS) is 14.5. The number of benzene rings is 1. The Kier molecular flexibility index (Phi) is 7.14. The van der Waals surface area contributed by atoms with Gasteiger partial charge in [-0.1, -0.05) is 32.3 Å². The van der Waals surface area contributed by atoms with E-state index in [0.29, 0.717) is 21.8 Å². The minimum Gasteiger partial charge on any atom is -0.506 e. The van der Waals surface area contributed by atoms with Crippen LogP contribution in [0, 0.1) is 0 Å². The third kappa shape index (κ3) is 5.09. The lowest BCUT2D eigenvalue weighted by Gasteiger charge is -2.23. The molecule has 0 aliphatic heterocycles. The van der Waals surface area contributed by atoms with E-state index in [-0.39, 0.29) is 23.3 Å². The Morgan fingerprint density at radius 3 is 2.59 bits per heavy atom. The van der Waals surface area contributed by atoms with E-state index in [0.717, 1.165) is 37.9 Å². The summed E-state index contributed by atoms with van der Waals surface area (Å²) in [5.41, 5.74) is 1.12. The number of carboxylic acid groups (broad SMARTS) is 1. The Morgan fingerprint density at radius 2 is 1.90 bits per heavy atom. The van der Waals surface area contributed by atoms with Gasteiger partial charge in [-0.2, -0.15) is 0 Å². The van der Waals surface area contributed by atoms with Crippen molar-refractivity contribution in [1.29, 1.82) is 0 Å². The number of pyridine rings is 1. The van der Waals surface area contributed by atoms with Crippen LogP contribution in [-0.2, 0) is 0 Å². The number of nitrogens with zero attached hydrogens (tertiary/aromatic N) is 1. The monoisotopic (exact) mass is 414 g/mol. The molecule has 1 fully saturated rings. The Morgan fingerprint density at radius 1 is 1.14 bits per heavy atom. The minimum atomic E-state index is -1.20. The lowest BCUT2D eigenvalue weighted by atomic mass is 9.95. The second-order valence-electron chi connectivity index (χ2n) is 7.21. The molecule has 1 aliphatic carbocycles. The first-order valence-electron chi connectivity index (χ1n) is 10.0. The van der Waals surface area contributed by atoms with Gasteiger partial charge in [-0.25, -0.2) is 9.78 Å². The third-order valence-electron chi connectivity index (χ3n) is 5.03. The molecule has 0 bridgehead atoms. The summed E-state index contributed by atoms with van der Waals surface area (Å²) < 4.78 is 0. The van der Waals surface area contributed by atoms with Crippen LogP contribution in [0.3, 0.4) is 0 Å². The van der Waals surface area contributed by atoms with Gasteiger partial charge >= 0.3 is 5.97 Å². The molecule has 2 aromatic rings. The molecule has 1 amide bonds. The summed E-state index contributed by atoms with van der Waals surface area (Å²) in [5.74, 6) is -0.841. The van der Waals surface area contributed by atoms with Crippen LogP contribution in [0.5, 0.6) is 5.75 Å². The van der Waals surface area contributed by atoms with Gasteiger partial charge in [0.1, 0.15) is 16.3 Å².